The number of nitrogens with zero attached hydrogens (tertiary/aromatic N) is 2. The van der Waals surface area contributed by atoms with E-state index in [4.69, 9.17) is 5.73 Å². The van der Waals surface area contributed by atoms with E-state index in [2.05, 4.69) is 4.98 Å². The maximum absolute atomic E-state index is 5.48. The average Bonchev–Trinajstić information content (AvgIpc) is 2.50. The molecule has 0 saturated carbocycles. The molecule has 3 nitrogen and oxygen atoms in total. The second kappa shape index (κ2) is 2.36. The first-order chi connectivity index (χ1) is 5.40. The van der Waals surface area contributed by atoms with Gasteiger partial charge < -0.3 is 10.1 Å². The van der Waals surface area contributed by atoms with Gasteiger partial charge in [0, 0.05) is 12.7 Å². The van der Waals surface area contributed by atoms with Crippen LogP contribution in [0.1, 0.15) is 5.56 Å². The van der Waals surface area contributed by atoms with Gasteiger partial charge in [0.1, 0.15) is 0 Å². The molecule has 2 rings (SSSR count). The van der Waals surface area contributed by atoms with Gasteiger partial charge in [0.25, 0.3) is 0 Å². The Balaban J connectivity index is 2.67. The normalized spacial score (nSPS) is 10.6. The standard InChI is InChI=1S/C8H9N3/c9-3-7-1-2-8-4-10-6-11(8)5-7/h1-2,4-6H,3,9H2. The molecule has 0 unspecified atom stereocenters. The molecule has 2 aromatic rings. The summed E-state index contributed by atoms with van der Waals surface area (Å²) in [5, 5.41) is 0. The number of aromatic nitrogens is 2. The van der Waals surface area contributed by atoms with E-state index < -0.39 is 0 Å². The van der Waals surface area contributed by atoms with Gasteiger partial charge in [-0.2, -0.15) is 0 Å². The zero-order valence-electron chi connectivity index (χ0n) is 6.07. The summed E-state index contributed by atoms with van der Waals surface area (Å²) in [6.45, 7) is 0.577. The van der Waals surface area contributed by atoms with Crippen LogP contribution in [-0.2, 0) is 6.54 Å². The summed E-state index contributed by atoms with van der Waals surface area (Å²) in [6.07, 6.45) is 5.58. The van der Waals surface area contributed by atoms with Crippen molar-refractivity contribution in [1.82, 2.24) is 9.38 Å². The lowest BCUT2D eigenvalue weighted by Crippen LogP contribution is -1.97. The lowest BCUT2D eigenvalue weighted by atomic mass is 10.3. The molecule has 0 amide bonds. The minimum atomic E-state index is 0.577. The van der Waals surface area contributed by atoms with E-state index in [0.29, 0.717) is 6.54 Å². The monoisotopic (exact) mass is 147 g/mol. The molecule has 0 bridgehead atoms. The van der Waals surface area contributed by atoms with Gasteiger partial charge in [-0.05, 0) is 11.6 Å². The van der Waals surface area contributed by atoms with Gasteiger partial charge in [-0.15, -0.1) is 0 Å². The van der Waals surface area contributed by atoms with Crippen LogP contribution in [0, 0.1) is 0 Å². The Bertz CT molecular complexity index is 364. The van der Waals surface area contributed by atoms with Crippen molar-refractivity contribution in [2.45, 2.75) is 6.54 Å². The molecule has 0 aliphatic heterocycles. The van der Waals surface area contributed by atoms with E-state index in [9.17, 15) is 0 Å². The van der Waals surface area contributed by atoms with Crippen LogP contribution in [0.5, 0.6) is 0 Å². The summed E-state index contributed by atoms with van der Waals surface area (Å²) >= 11 is 0. The Kier molecular flexibility index (Phi) is 1.36. The third-order valence-corrected chi connectivity index (χ3v) is 1.70. The highest BCUT2D eigenvalue weighted by atomic mass is 15.0. The molecule has 0 fully saturated rings. The van der Waals surface area contributed by atoms with Crippen molar-refractivity contribution < 1.29 is 0 Å². The molecule has 0 atom stereocenters. The lowest BCUT2D eigenvalue weighted by molar-refractivity contribution is 1.02. The molecule has 3 heteroatoms. The van der Waals surface area contributed by atoms with Gasteiger partial charge in [0.2, 0.25) is 0 Å². The van der Waals surface area contributed by atoms with Crippen molar-refractivity contribution in [3.05, 3.63) is 36.4 Å². The highest BCUT2D eigenvalue weighted by Gasteiger charge is 1.92. The number of rotatable bonds is 1. The molecule has 0 saturated heterocycles. The van der Waals surface area contributed by atoms with Gasteiger partial charge in [0.05, 0.1) is 18.0 Å². The number of hydrogen-bond donors (Lipinski definition) is 1. The molecule has 0 radical (unpaired) electrons. The predicted octanol–water partition coefficient (Wildman–Crippen LogP) is 0.793. The van der Waals surface area contributed by atoms with Crippen molar-refractivity contribution in [1.29, 1.82) is 0 Å². The average molecular weight is 147 g/mol. The SMILES string of the molecule is NCc1ccc2cncn2c1. The van der Waals surface area contributed by atoms with Crippen molar-refractivity contribution in [3.8, 4) is 0 Å². The Labute approximate surface area is 64.5 Å². The maximum atomic E-state index is 5.48. The van der Waals surface area contributed by atoms with Crippen LogP contribution >= 0.6 is 0 Å². The molecular weight excluding hydrogens is 138 g/mol. The summed E-state index contributed by atoms with van der Waals surface area (Å²) in [5.41, 5.74) is 7.70. The van der Waals surface area contributed by atoms with E-state index in [0.717, 1.165) is 11.1 Å². The zero-order valence-corrected chi connectivity index (χ0v) is 6.07. The number of nitrogens with two attached hydrogens (primary N) is 1. The van der Waals surface area contributed by atoms with Gasteiger partial charge in [0.15, 0.2) is 0 Å². The molecule has 0 aliphatic rings. The highest BCUT2D eigenvalue weighted by molar-refractivity contribution is 5.45. The van der Waals surface area contributed by atoms with Crippen LogP contribution in [0.2, 0.25) is 0 Å². The van der Waals surface area contributed by atoms with Gasteiger partial charge >= 0.3 is 0 Å². The second-order valence-electron chi connectivity index (χ2n) is 2.47. The Morgan fingerprint density at radius 1 is 1.45 bits per heavy atom. The number of hydrogen-bond acceptors (Lipinski definition) is 2. The van der Waals surface area contributed by atoms with E-state index >= 15 is 0 Å². The first-order valence-corrected chi connectivity index (χ1v) is 3.51. The van der Waals surface area contributed by atoms with E-state index in [1.807, 2.05) is 28.9 Å². The zero-order chi connectivity index (χ0) is 7.68. The van der Waals surface area contributed by atoms with Gasteiger partial charge in [-0.3, -0.25) is 0 Å². The minimum absolute atomic E-state index is 0.577. The third kappa shape index (κ3) is 0.991. The van der Waals surface area contributed by atoms with Crippen molar-refractivity contribution >= 4 is 5.52 Å². The van der Waals surface area contributed by atoms with Gasteiger partial charge in [-0.25, -0.2) is 4.98 Å². The topological polar surface area (TPSA) is 43.3 Å². The van der Waals surface area contributed by atoms with Crippen molar-refractivity contribution in [2.24, 2.45) is 5.73 Å². The molecule has 0 spiro atoms. The van der Waals surface area contributed by atoms with Crippen LogP contribution in [0.15, 0.2) is 30.9 Å². The summed E-state index contributed by atoms with van der Waals surface area (Å²) in [6, 6.07) is 4.02. The predicted molar refractivity (Wildman–Crippen MR) is 43.1 cm³/mol. The summed E-state index contributed by atoms with van der Waals surface area (Å²) in [7, 11) is 0. The summed E-state index contributed by atoms with van der Waals surface area (Å²) < 4.78 is 1.96. The molecular formula is C8H9N3. The molecule has 11 heavy (non-hydrogen) atoms. The fourth-order valence-electron chi connectivity index (χ4n) is 1.09. The lowest BCUT2D eigenvalue weighted by Gasteiger charge is -1.96. The Morgan fingerprint density at radius 3 is 3.18 bits per heavy atom. The first kappa shape index (κ1) is 6.37. The largest absolute Gasteiger partial charge is 0.326 e. The molecule has 2 N–H and O–H groups in total. The fraction of sp³-hybridized carbons (Fsp3) is 0.125. The Hall–Kier alpha value is -1.35. The number of pyridine rings is 1. The van der Waals surface area contributed by atoms with Gasteiger partial charge in [-0.1, -0.05) is 6.07 Å². The third-order valence-electron chi connectivity index (χ3n) is 1.70. The number of fused-ring (bicyclic) bond motifs is 1. The minimum Gasteiger partial charge on any atom is -0.326 e. The summed E-state index contributed by atoms with van der Waals surface area (Å²) in [4.78, 5) is 4.00. The maximum Gasteiger partial charge on any atom is 0.0992 e. The molecule has 2 heterocycles. The van der Waals surface area contributed by atoms with E-state index in [-0.39, 0.29) is 0 Å². The van der Waals surface area contributed by atoms with Crippen LogP contribution in [-0.4, -0.2) is 9.38 Å². The van der Waals surface area contributed by atoms with E-state index in [1.54, 1.807) is 6.33 Å². The first-order valence-electron chi connectivity index (χ1n) is 3.51. The quantitative estimate of drug-likeness (QED) is 0.648. The van der Waals surface area contributed by atoms with Crippen LogP contribution < -0.4 is 5.73 Å². The number of imidazole rings is 1. The smallest absolute Gasteiger partial charge is 0.0992 e. The van der Waals surface area contributed by atoms with Crippen molar-refractivity contribution in [2.75, 3.05) is 0 Å². The van der Waals surface area contributed by atoms with Crippen LogP contribution in [0.4, 0.5) is 0 Å². The van der Waals surface area contributed by atoms with Crippen LogP contribution in [0.25, 0.3) is 5.52 Å². The van der Waals surface area contributed by atoms with Crippen molar-refractivity contribution in [3.63, 3.8) is 0 Å². The molecule has 0 aromatic carbocycles. The fourth-order valence-corrected chi connectivity index (χ4v) is 1.09. The second-order valence-corrected chi connectivity index (χ2v) is 2.47. The molecule has 0 aliphatic carbocycles. The van der Waals surface area contributed by atoms with Crippen LogP contribution in [0.3, 0.4) is 0 Å². The molecule has 56 valence electrons. The highest BCUT2D eigenvalue weighted by Crippen LogP contribution is 2.04. The van der Waals surface area contributed by atoms with E-state index in [1.165, 1.54) is 0 Å². The Morgan fingerprint density at radius 2 is 2.36 bits per heavy atom. The molecule has 2 aromatic heterocycles. The summed E-state index contributed by atoms with van der Waals surface area (Å²) in [5.74, 6) is 0.